The molecule has 0 bridgehead atoms. The van der Waals surface area contributed by atoms with E-state index in [0.29, 0.717) is 47.9 Å². The van der Waals surface area contributed by atoms with Crippen LogP contribution in [0.25, 0.3) is 11.4 Å². The van der Waals surface area contributed by atoms with Gasteiger partial charge in [0.2, 0.25) is 17.6 Å². The summed E-state index contributed by atoms with van der Waals surface area (Å²) in [6.07, 6.45) is 0.314. The normalized spacial score (nSPS) is 16.6. The Bertz CT molecular complexity index is 1000. The van der Waals surface area contributed by atoms with Crippen LogP contribution in [0.4, 0.5) is 5.69 Å². The number of anilines is 1. The summed E-state index contributed by atoms with van der Waals surface area (Å²) in [5, 5.41) is 4.64. The molecule has 0 radical (unpaired) electrons. The molecule has 29 heavy (non-hydrogen) atoms. The quantitative estimate of drug-likeness (QED) is 0.574. The third-order valence-corrected chi connectivity index (χ3v) is 5.07. The molecule has 1 unspecified atom stereocenters. The number of aromatic nitrogens is 2. The number of hydrogen-bond donors (Lipinski definition) is 0. The fourth-order valence-corrected chi connectivity index (χ4v) is 3.50. The van der Waals surface area contributed by atoms with Gasteiger partial charge in [0.05, 0.1) is 23.2 Å². The number of hydrogen-bond acceptors (Lipinski definition) is 5. The highest BCUT2D eigenvalue weighted by atomic mass is 35.5. The molecule has 150 valence electrons. The first-order valence-corrected chi connectivity index (χ1v) is 10.0. The lowest BCUT2D eigenvalue weighted by Gasteiger charge is -2.17. The van der Waals surface area contributed by atoms with Crippen molar-refractivity contribution in [2.75, 3.05) is 18.1 Å². The first-order valence-electron chi connectivity index (χ1n) is 9.63. The van der Waals surface area contributed by atoms with Gasteiger partial charge < -0.3 is 14.2 Å². The van der Waals surface area contributed by atoms with Gasteiger partial charge in [0.25, 0.3) is 0 Å². The predicted molar refractivity (Wildman–Crippen MR) is 111 cm³/mol. The van der Waals surface area contributed by atoms with Gasteiger partial charge >= 0.3 is 0 Å². The van der Waals surface area contributed by atoms with E-state index >= 15 is 0 Å². The highest BCUT2D eigenvalue weighted by Crippen LogP contribution is 2.35. The van der Waals surface area contributed by atoms with E-state index in [2.05, 4.69) is 24.0 Å². The molecule has 2 aromatic carbocycles. The fraction of sp³-hybridized carbons (Fsp3) is 0.318. The molecule has 6 nitrogen and oxygen atoms in total. The Balaban J connectivity index is 1.47. The lowest BCUT2D eigenvalue weighted by Crippen LogP contribution is -2.24. The minimum atomic E-state index is -0.159. The van der Waals surface area contributed by atoms with Crippen LogP contribution in [0.3, 0.4) is 0 Å². The average molecular weight is 412 g/mol. The van der Waals surface area contributed by atoms with Crippen LogP contribution in [-0.2, 0) is 4.79 Å². The largest absolute Gasteiger partial charge is 0.493 e. The molecule has 1 amide bonds. The maximum Gasteiger partial charge on any atom is 0.232 e. The van der Waals surface area contributed by atoms with Gasteiger partial charge in [-0.15, -0.1) is 0 Å². The van der Waals surface area contributed by atoms with Crippen molar-refractivity contribution in [1.82, 2.24) is 10.1 Å². The number of carbonyl (C=O) groups is 1. The standard InChI is InChI=1S/C22H22ClN3O3/c1-14(2)13-28-17-9-7-15(8-10-17)21-24-22(29-25-21)16-11-20(27)26(12-16)19-6-4-3-5-18(19)23/h3-10,14,16H,11-13H2,1-2H3. The molecule has 7 heteroatoms. The SMILES string of the molecule is CC(C)COc1ccc(-c2noc(C3CC(=O)N(c4ccccc4Cl)C3)n2)cc1. The lowest BCUT2D eigenvalue weighted by atomic mass is 10.1. The molecule has 1 aliphatic heterocycles. The van der Waals surface area contributed by atoms with Crippen molar-refractivity contribution >= 4 is 23.2 Å². The summed E-state index contributed by atoms with van der Waals surface area (Å²) >= 11 is 6.24. The van der Waals surface area contributed by atoms with E-state index in [9.17, 15) is 4.79 Å². The average Bonchev–Trinajstić information content (AvgIpc) is 3.34. The zero-order valence-electron chi connectivity index (χ0n) is 16.3. The Labute approximate surface area is 174 Å². The van der Waals surface area contributed by atoms with Gasteiger partial charge in [-0.25, -0.2) is 0 Å². The van der Waals surface area contributed by atoms with E-state index in [1.54, 1.807) is 11.0 Å². The van der Waals surface area contributed by atoms with Gasteiger partial charge in [-0.2, -0.15) is 4.98 Å². The molecule has 4 rings (SSSR count). The van der Waals surface area contributed by atoms with Crippen LogP contribution in [0.2, 0.25) is 5.02 Å². The van der Waals surface area contributed by atoms with E-state index in [-0.39, 0.29) is 11.8 Å². The maximum atomic E-state index is 12.5. The van der Waals surface area contributed by atoms with Crippen LogP contribution in [0.5, 0.6) is 5.75 Å². The molecule has 0 aliphatic carbocycles. The molecule has 0 saturated carbocycles. The molecule has 1 saturated heterocycles. The van der Waals surface area contributed by atoms with Gasteiger partial charge in [-0.1, -0.05) is 42.7 Å². The molecular weight excluding hydrogens is 390 g/mol. The Morgan fingerprint density at radius 2 is 1.97 bits per heavy atom. The van der Waals surface area contributed by atoms with E-state index in [0.717, 1.165) is 11.3 Å². The van der Waals surface area contributed by atoms with Crippen LogP contribution >= 0.6 is 11.6 Å². The topological polar surface area (TPSA) is 68.5 Å². The number of benzene rings is 2. The second-order valence-electron chi connectivity index (χ2n) is 7.54. The smallest absolute Gasteiger partial charge is 0.232 e. The number of halogens is 1. The minimum absolute atomic E-state index is 0.00509. The zero-order chi connectivity index (χ0) is 20.4. The summed E-state index contributed by atoms with van der Waals surface area (Å²) in [5.41, 5.74) is 1.54. The Kier molecular flexibility index (Phi) is 5.53. The van der Waals surface area contributed by atoms with E-state index in [1.165, 1.54) is 0 Å². The number of carbonyl (C=O) groups excluding carboxylic acids is 1. The van der Waals surface area contributed by atoms with Crippen LogP contribution in [-0.4, -0.2) is 29.2 Å². The van der Waals surface area contributed by atoms with E-state index in [4.69, 9.17) is 20.9 Å². The van der Waals surface area contributed by atoms with Crippen molar-refractivity contribution in [3.8, 4) is 17.1 Å². The number of para-hydroxylation sites is 1. The van der Waals surface area contributed by atoms with Crippen molar-refractivity contribution < 1.29 is 14.1 Å². The third-order valence-electron chi connectivity index (χ3n) is 4.76. The Hall–Kier alpha value is -2.86. The van der Waals surface area contributed by atoms with Crippen LogP contribution in [0, 0.1) is 5.92 Å². The maximum absolute atomic E-state index is 12.5. The zero-order valence-corrected chi connectivity index (χ0v) is 17.1. The van der Waals surface area contributed by atoms with Crippen molar-refractivity contribution in [2.45, 2.75) is 26.2 Å². The molecule has 1 aliphatic rings. The molecule has 2 heterocycles. The van der Waals surface area contributed by atoms with E-state index < -0.39 is 0 Å². The van der Waals surface area contributed by atoms with E-state index in [1.807, 2.05) is 42.5 Å². The van der Waals surface area contributed by atoms with Gasteiger partial charge in [-0.3, -0.25) is 4.79 Å². The van der Waals surface area contributed by atoms with Gasteiger partial charge in [0.15, 0.2) is 0 Å². The van der Waals surface area contributed by atoms with Crippen molar-refractivity contribution in [3.05, 3.63) is 59.4 Å². The van der Waals surface area contributed by atoms with Crippen molar-refractivity contribution in [3.63, 3.8) is 0 Å². The lowest BCUT2D eigenvalue weighted by molar-refractivity contribution is -0.117. The highest BCUT2D eigenvalue weighted by Gasteiger charge is 2.35. The second-order valence-corrected chi connectivity index (χ2v) is 7.95. The summed E-state index contributed by atoms with van der Waals surface area (Å²) in [6, 6.07) is 14.9. The summed E-state index contributed by atoms with van der Waals surface area (Å²) in [5.74, 6) is 2.07. The number of amides is 1. The number of rotatable bonds is 6. The first-order chi connectivity index (χ1) is 14.0. The molecule has 3 aromatic rings. The summed E-state index contributed by atoms with van der Waals surface area (Å²) < 4.78 is 11.2. The minimum Gasteiger partial charge on any atom is -0.493 e. The molecular formula is C22H22ClN3O3. The Morgan fingerprint density at radius 3 is 2.69 bits per heavy atom. The van der Waals surface area contributed by atoms with Crippen molar-refractivity contribution in [2.24, 2.45) is 5.92 Å². The molecule has 1 atom stereocenters. The molecule has 0 N–H and O–H groups in total. The summed E-state index contributed by atoms with van der Waals surface area (Å²) in [7, 11) is 0. The third kappa shape index (κ3) is 4.27. The monoisotopic (exact) mass is 411 g/mol. The molecule has 0 spiro atoms. The summed E-state index contributed by atoms with van der Waals surface area (Å²) in [6.45, 7) is 5.35. The van der Waals surface area contributed by atoms with Crippen LogP contribution in [0.15, 0.2) is 53.1 Å². The van der Waals surface area contributed by atoms with Crippen molar-refractivity contribution in [1.29, 1.82) is 0 Å². The number of nitrogens with zero attached hydrogens (tertiary/aromatic N) is 3. The first kappa shape index (κ1) is 19.5. The highest BCUT2D eigenvalue weighted by molar-refractivity contribution is 6.33. The summed E-state index contributed by atoms with van der Waals surface area (Å²) in [4.78, 5) is 18.7. The van der Waals surface area contributed by atoms with Crippen LogP contribution < -0.4 is 9.64 Å². The van der Waals surface area contributed by atoms with Gasteiger partial charge in [-0.05, 0) is 42.3 Å². The molecule has 1 aromatic heterocycles. The molecule has 1 fully saturated rings. The second kappa shape index (κ2) is 8.25. The fourth-order valence-electron chi connectivity index (χ4n) is 3.26. The Morgan fingerprint density at radius 1 is 1.21 bits per heavy atom. The van der Waals surface area contributed by atoms with Gasteiger partial charge in [0, 0.05) is 18.5 Å². The van der Waals surface area contributed by atoms with Crippen LogP contribution in [0.1, 0.15) is 32.1 Å². The number of ether oxygens (including phenoxy) is 1. The predicted octanol–water partition coefficient (Wildman–Crippen LogP) is 4.95. The van der Waals surface area contributed by atoms with Gasteiger partial charge in [0.1, 0.15) is 5.75 Å².